The van der Waals surface area contributed by atoms with Crippen molar-refractivity contribution in [3.05, 3.63) is 21.3 Å². The van der Waals surface area contributed by atoms with Crippen LogP contribution in [0.2, 0.25) is 5.28 Å². The summed E-state index contributed by atoms with van der Waals surface area (Å²) in [5.74, 6) is 0. The maximum absolute atomic E-state index is 5.60. The van der Waals surface area contributed by atoms with Gasteiger partial charge in [-0.2, -0.15) is 0 Å². The third kappa shape index (κ3) is 1.38. The lowest BCUT2D eigenvalue weighted by Crippen LogP contribution is -1.77. The SMILES string of the molecule is Clc1ncc2sc(Br)cc2n1. The van der Waals surface area contributed by atoms with Crippen LogP contribution in [0.4, 0.5) is 0 Å². The molecule has 2 heterocycles. The standard InChI is InChI=1S/C6H2BrClN2S/c7-5-1-3-4(11-5)2-9-6(8)10-3/h1-2H. The molecule has 0 saturated carbocycles. The maximum Gasteiger partial charge on any atom is 0.222 e. The number of nitrogens with zero attached hydrogens (tertiary/aromatic N) is 2. The summed E-state index contributed by atoms with van der Waals surface area (Å²) in [6, 6.07) is 1.92. The second kappa shape index (κ2) is 2.69. The molecule has 0 fully saturated rings. The monoisotopic (exact) mass is 248 g/mol. The van der Waals surface area contributed by atoms with Gasteiger partial charge in [-0.3, -0.25) is 0 Å². The third-order valence-corrected chi connectivity index (χ3v) is 2.96. The van der Waals surface area contributed by atoms with E-state index in [1.165, 1.54) is 0 Å². The van der Waals surface area contributed by atoms with Crippen LogP contribution in [0.25, 0.3) is 10.2 Å². The highest BCUT2D eigenvalue weighted by Crippen LogP contribution is 2.28. The lowest BCUT2D eigenvalue weighted by atomic mass is 10.5. The van der Waals surface area contributed by atoms with Crippen LogP contribution in [0.15, 0.2) is 16.0 Å². The molecule has 2 aromatic rings. The molecule has 11 heavy (non-hydrogen) atoms. The zero-order chi connectivity index (χ0) is 7.84. The summed E-state index contributed by atoms with van der Waals surface area (Å²) in [5, 5.41) is 0.294. The molecular formula is C6H2BrClN2S. The van der Waals surface area contributed by atoms with Crippen LogP contribution in [0, 0.1) is 0 Å². The van der Waals surface area contributed by atoms with Gasteiger partial charge in [-0.15, -0.1) is 11.3 Å². The first-order chi connectivity index (χ1) is 5.25. The second-order valence-corrected chi connectivity index (χ2v) is 4.74. The minimum Gasteiger partial charge on any atom is -0.225 e. The summed E-state index contributed by atoms with van der Waals surface area (Å²) in [4.78, 5) is 7.90. The molecule has 0 radical (unpaired) electrons. The number of aromatic nitrogens is 2. The van der Waals surface area contributed by atoms with Gasteiger partial charge in [0.1, 0.15) is 0 Å². The van der Waals surface area contributed by atoms with Gasteiger partial charge in [-0.05, 0) is 33.6 Å². The molecule has 0 aliphatic rings. The molecule has 0 spiro atoms. The molecule has 56 valence electrons. The van der Waals surface area contributed by atoms with Crippen LogP contribution in [-0.4, -0.2) is 9.97 Å². The van der Waals surface area contributed by atoms with Crippen molar-refractivity contribution in [1.82, 2.24) is 9.97 Å². The molecule has 5 heteroatoms. The van der Waals surface area contributed by atoms with Crippen molar-refractivity contribution < 1.29 is 0 Å². The highest BCUT2D eigenvalue weighted by molar-refractivity contribution is 9.11. The van der Waals surface area contributed by atoms with E-state index in [0.717, 1.165) is 14.0 Å². The maximum atomic E-state index is 5.60. The number of fused-ring (bicyclic) bond motifs is 1. The van der Waals surface area contributed by atoms with Gasteiger partial charge >= 0.3 is 0 Å². The number of thiophene rings is 1. The van der Waals surface area contributed by atoms with Crippen LogP contribution < -0.4 is 0 Å². The highest BCUT2D eigenvalue weighted by atomic mass is 79.9. The van der Waals surface area contributed by atoms with Crippen molar-refractivity contribution >= 4 is 49.1 Å². The summed E-state index contributed by atoms with van der Waals surface area (Å²) in [6.45, 7) is 0. The Morgan fingerprint density at radius 3 is 3.18 bits per heavy atom. The minimum absolute atomic E-state index is 0.294. The Kier molecular flexibility index (Phi) is 1.83. The Morgan fingerprint density at radius 1 is 1.55 bits per heavy atom. The fourth-order valence-electron chi connectivity index (χ4n) is 0.785. The molecule has 0 unspecified atom stereocenters. The average molecular weight is 250 g/mol. The lowest BCUT2D eigenvalue weighted by molar-refractivity contribution is 1.23. The van der Waals surface area contributed by atoms with Gasteiger partial charge in [-0.25, -0.2) is 9.97 Å². The van der Waals surface area contributed by atoms with E-state index in [-0.39, 0.29) is 0 Å². The molecule has 2 aromatic heterocycles. The van der Waals surface area contributed by atoms with Crippen molar-refractivity contribution in [2.45, 2.75) is 0 Å². The number of halogens is 2. The molecule has 0 amide bonds. The molecule has 0 aliphatic carbocycles. The Labute approximate surface area is 80.4 Å². The van der Waals surface area contributed by atoms with Crippen LogP contribution in [-0.2, 0) is 0 Å². The highest BCUT2D eigenvalue weighted by Gasteiger charge is 2.00. The van der Waals surface area contributed by atoms with Crippen molar-refractivity contribution in [3.8, 4) is 0 Å². The fraction of sp³-hybridized carbons (Fsp3) is 0. The normalized spacial score (nSPS) is 10.7. The summed E-state index contributed by atoms with van der Waals surface area (Å²) in [6.07, 6.45) is 1.72. The summed E-state index contributed by atoms with van der Waals surface area (Å²) >= 11 is 10.5. The van der Waals surface area contributed by atoms with Crippen molar-refractivity contribution in [3.63, 3.8) is 0 Å². The van der Waals surface area contributed by atoms with Crippen LogP contribution in [0.1, 0.15) is 0 Å². The fourth-order valence-corrected chi connectivity index (χ4v) is 2.36. The van der Waals surface area contributed by atoms with E-state index in [2.05, 4.69) is 25.9 Å². The lowest BCUT2D eigenvalue weighted by Gasteiger charge is -1.86. The molecule has 0 bridgehead atoms. The molecule has 2 rings (SSSR count). The van der Waals surface area contributed by atoms with E-state index in [1.807, 2.05) is 6.07 Å². The molecule has 0 saturated heterocycles. The van der Waals surface area contributed by atoms with Gasteiger partial charge in [-0.1, -0.05) is 0 Å². The van der Waals surface area contributed by atoms with E-state index >= 15 is 0 Å². The van der Waals surface area contributed by atoms with E-state index in [4.69, 9.17) is 11.6 Å². The largest absolute Gasteiger partial charge is 0.225 e. The Bertz CT molecular complexity index is 400. The average Bonchev–Trinajstić information content (AvgIpc) is 2.27. The third-order valence-electron chi connectivity index (χ3n) is 1.21. The zero-order valence-electron chi connectivity index (χ0n) is 5.21. The molecule has 0 aromatic carbocycles. The second-order valence-electron chi connectivity index (χ2n) is 1.94. The topological polar surface area (TPSA) is 25.8 Å². The van der Waals surface area contributed by atoms with E-state index < -0.39 is 0 Å². The summed E-state index contributed by atoms with van der Waals surface area (Å²) in [7, 11) is 0. The predicted molar refractivity (Wildman–Crippen MR) is 50.1 cm³/mol. The van der Waals surface area contributed by atoms with Crippen LogP contribution in [0.5, 0.6) is 0 Å². The van der Waals surface area contributed by atoms with Gasteiger partial charge in [0.2, 0.25) is 5.28 Å². The van der Waals surface area contributed by atoms with Crippen molar-refractivity contribution in [2.75, 3.05) is 0 Å². The molecule has 0 N–H and O–H groups in total. The van der Waals surface area contributed by atoms with Crippen LogP contribution >= 0.6 is 38.9 Å². The first-order valence-corrected chi connectivity index (χ1v) is 4.82. The molecule has 0 atom stereocenters. The minimum atomic E-state index is 0.294. The number of rotatable bonds is 0. The quantitative estimate of drug-likeness (QED) is 0.671. The number of hydrogen-bond donors (Lipinski definition) is 0. The van der Waals surface area contributed by atoms with Crippen molar-refractivity contribution in [1.29, 1.82) is 0 Å². The molecule has 0 aliphatic heterocycles. The van der Waals surface area contributed by atoms with E-state index in [1.54, 1.807) is 17.5 Å². The predicted octanol–water partition coefficient (Wildman–Crippen LogP) is 3.11. The summed E-state index contributed by atoms with van der Waals surface area (Å²) < 4.78 is 2.09. The van der Waals surface area contributed by atoms with E-state index in [0.29, 0.717) is 5.28 Å². The van der Waals surface area contributed by atoms with Gasteiger partial charge < -0.3 is 0 Å². The number of hydrogen-bond acceptors (Lipinski definition) is 3. The van der Waals surface area contributed by atoms with E-state index in [9.17, 15) is 0 Å². The molecule has 2 nitrogen and oxygen atoms in total. The smallest absolute Gasteiger partial charge is 0.222 e. The van der Waals surface area contributed by atoms with Crippen LogP contribution in [0.3, 0.4) is 0 Å². The first kappa shape index (κ1) is 7.46. The Hall–Kier alpha value is -0.190. The van der Waals surface area contributed by atoms with Gasteiger partial charge in [0.25, 0.3) is 0 Å². The summed E-state index contributed by atoms with van der Waals surface area (Å²) in [5.41, 5.74) is 0.891. The van der Waals surface area contributed by atoms with Gasteiger partial charge in [0, 0.05) is 6.20 Å². The Morgan fingerprint density at radius 2 is 2.36 bits per heavy atom. The van der Waals surface area contributed by atoms with Gasteiger partial charge in [0.05, 0.1) is 14.0 Å². The molecular weight excluding hydrogens is 248 g/mol. The zero-order valence-corrected chi connectivity index (χ0v) is 8.37. The Balaban J connectivity index is 2.82. The first-order valence-electron chi connectivity index (χ1n) is 2.83. The van der Waals surface area contributed by atoms with Gasteiger partial charge in [0.15, 0.2) is 0 Å². The van der Waals surface area contributed by atoms with Crippen molar-refractivity contribution in [2.24, 2.45) is 0 Å².